The Morgan fingerprint density at radius 1 is 1.56 bits per heavy atom. The molecule has 5 nitrogen and oxygen atoms in total. The van der Waals surface area contributed by atoms with Gasteiger partial charge in [-0.25, -0.2) is 9.97 Å². The lowest BCUT2D eigenvalue weighted by Gasteiger charge is -2.31. The molecule has 2 rings (SSSR count). The third kappa shape index (κ3) is 3.06. The second kappa shape index (κ2) is 6.14. The topological polar surface area (TPSA) is 58.1 Å². The van der Waals surface area contributed by atoms with Gasteiger partial charge in [-0.3, -0.25) is 4.79 Å². The third-order valence-corrected chi connectivity index (χ3v) is 3.05. The van der Waals surface area contributed by atoms with Crippen LogP contribution in [-0.2, 0) is 4.79 Å². The average molecular weight is 246 g/mol. The van der Waals surface area contributed by atoms with Gasteiger partial charge in [0, 0.05) is 32.0 Å². The van der Waals surface area contributed by atoms with E-state index in [2.05, 4.69) is 26.8 Å². The Hall–Kier alpha value is -1.91. The highest BCUT2D eigenvalue weighted by molar-refractivity contribution is 5.79. The maximum atomic E-state index is 11.9. The molecule has 0 bridgehead atoms. The second-order valence-corrected chi connectivity index (χ2v) is 4.37. The van der Waals surface area contributed by atoms with Crippen LogP contribution in [0.1, 0.15) is 12.8 Å². The fourth-order valence-electron chi connectivity index (χ4n) is 2.14. The fraction of sp³-hybridized carbons (Fsp3) is 0.462. The minimum absolute atomic E-state index is 0.0162. The standard InChI is InChI=1S/C13H18N4O/c1-2-6-14-12(18)11-5-3-9-17(10-11)13-15-7-4-8-16-13/h2,4,7-8,11H,1,3,5-6,9-10H2,(H,14,18). The van der Waals surface area contributed by atoms with Crippen LogP contribution >= 0.6 is 0 Å². The van der Waals surface area contributed by atoms with E-state index in [9.17, 15) is 4.79 Å². The van der Waals surface area contributed by atoms with Crippen LogP contribution in [0.5, 0.6) is 0 Å². The molecule has 1 saturated heterocycles. The molecule has 1 aliphatic heterocycles. The van der Waals surface area contributed by atoms with Gasteiger partial charge in [0.2, 0.25) is 11.9 Å². The molecule has 1 unspecified atom stereocenters. The lowest BCUT2D eigenvalue weighted by Crippen LogP contribution is -2.43. The smallest absolute Gasteiger partial charge is 0.225 e. The molecule has 0 spiro atoms. The van der Waals surface area contributed by atoms with Crippen LogP contribution in [0.25, 0.3) is 0 Å². The van der Waals surface area contributed by atoms with Gasteiger partial charge in [0.05, 0.1) is 5.92 Å². The van der Waals surface area contributed by atoms with Crippen LogP contribution in [0, 0.1) is 5.92 Å². The molecule has 1 N–H and O–H groups in total. The van der Waals surface area contributed by atoms with E-state index in [0.29, 0.717) is 19.0 Å². The van der Waals surface area contributed by atoms with Crippen LogP contribution < -0.4 is 10.2 Å². The normalized spacial score (nSPS) is 19.3. The number of nitrogens with zero attached hydrogens (tertiary/aromatic N) is 3. The molecule has 96 valence electrons. The van der Waals surface area contributed by atoms with Crippen LogP contribution in [0.4, 0.5) is 5.95 Å². The summed E-state index contributed by atoms with van der Waals surface area (Å²) < 4.78 is 0. The van der Waals surface area contributed by atoms with E-state index in [4.69, 9.17) is 0 Å². The molecule has 1 atom stereocenters. The molecule has 1 aromatic heterocycles. The molecule has 1 aromatic rings. The van der Waals surface area contributed by atoms with E-state index >= 15 is 0 Å². The van der Waals surface area contributed by atoms with Gasteiger partial charge in [0.25, 0.3) is 0 Å². The van der Waals surface area contributed by atoms with E-state index in [-0.39, 0.29) is 11.8 Å². The van der Waals surface area contributed by atoms with Gasteiger partial charge in [-0.15, -0.1) is 6.58 Å². The summed E-state index contributed by atoms with van der Waals surface area (Å²) in [7, 11) is 0. The van der Waals surface area contributed by atoms with Crippen molar-refractivity contribution in [2.45, 2.75) is 12.8 Å². The summed E-state index contributed by atoms with van der Waals surface area (Å²) in [4.78, 5) is 22.4. The zero-order chi connectivity index (χ0) is 12.8. The molecule has 5 heteroatoms. The van der Waals surface area contributed by atoms with Crippen molar-refractivity contribution in [1.29, 1.82) is 0 Å². The Balaban J connectivity index is 1.96. The predicted octanol–water partition coefficient (Wildman–Crippen LogP) is 0.995. The van der Waals surface area contributed by atoms with Crippen molar-refractivity contribution in [3.8, 4) is 0 Å². The third-order valence-electron chi connectivity index (χ3n) is 3.05. The zero-order valence-corrected chi connectivity index (χ0v) is 10.4. The number of hydrogen-bond donors (Lipinski definition) is 1. The number of hydrogen-bond acceptors (Lipinski definition) is 4. The number of anilines is 1. The van der Waals surface area contributed by atoms with Crippen LogP contribution in [0.15, 0.2) is 31.1 Å². The highest BCUT2D eigenvalue weighted by atomic mass is 16.1. The molecule has 0 aromatic carbocycles. The average Bonchev–Trinajstić information content (AvgIpc) is 2.46. The quantitative estimate of drug-likeness (QED) is 0.805. The Labute approximate surface area is 107 Å². The summed E-state index contributed by atoms with van der Waals surface area (Å²) in [6.45, 7) is 5.72. The Kier molecular flexibility index (Phi) is 4.28. The van der Waals surface area contributed by atoms with Gasteiger partial charge in [-0.1, -0.05) is 6.08 Å². The monoisotopic (exact) mass is 246 g/mol. The first-order valence-corrected chi connectivity index (χ1v) is 6.22. The summed E-state index contributed by atoms with van der Waals surface area (Å²) in [5, 5.41) is 2.85. The van der Waals surface area contributed by atoms with Gasteiger partial charge in [0.1, 0.15) is 0 Å². The van der Waals surface area contributed by atoms with Crippen molar-refractivity contribution in [3.05, 3.63) is 31.1 Å². The van der Waals surface area contributed by atoms with Crippen molar-refractivity contribution < 1.29 is 4.79 Å². The minimum Gasteiger partial charge on any atom is -0.352 e. The largest absolute Gasteiger partial charge is 0.352 e. The van der Waals surface area contributed by atoms with Crippen molar-refractivity contribution in [1.82, 2.24) is 15.3 Å². The van der Waals surface area contributed by atoms with Gasteiger partial charge >= 0.3 is 0 Å². The van der Waals surface area contributed by atoms with E-state index in [0.717, 1.165) is 19.4 Å². The van der Waals surface area contributed by atoms with Crippen molar-refractivity contribution >= 4 is 11.9 Å². The summed E-state index contributed by atoms with van der Waals surface area (Å²) in [6, 6.07) is 1.79. The van der Waals surface area contributed by atoms with Gasteiger partial charge < -0.3 is 10.2 Å². The molecule has 2 heterocycles. The minimum atomic E-state index is 0.0162. The molecule has 18 heavy (non-hydrogen) atoms. The van der Waals surface area contributed by atoms with Crippen LogP contribution in [0.2, 0.25) is 0 Å². The molecular weight excluding hydrogens is 228 g/mol. The first-order chi connectivity index (χ1) is 8.81. The number of amides is 1. The van der Waals surface area contributed by atoms with Crippen molar-refractivity contribution in [3.63, 3.8) is 0 Å². The van der Waals surface area contributed by atoms with Crippen molar-refractivity contribution in [2.24, 2.45) is 5.92 Å². The van der Waals surface area contributed by atoms with E-state index in [1.807, 2.05) is 0 Å². The highest BCUT2D eigenvalue weighted by Gasteiger charge is 2.26. The molecule has 1 fully saturated rings. The van der Waals surface area contributed by atoms with Crippen LogP contribution in [0.3, 0.4) is 0 Å². The Morgan fingerprint density at radius 3 is 3.06 bits per heavy atom. The van der Waals surface area contributed by atoms with Gasteiger partial charge in [-0.05, 0) is 18.9 Å². The zero-order valence-electron chi connectivity index (χ0n) is 10.4. The number of nitrogens with one attached hydrogen (secondary N) is 1. The van der Waals surface area contributed by atoms with Gasteiger partial charge in [0.15, 0.2) is 0 Å². The Bertz CT molecular complexity index is 407. The molecule has 0 saturated carbocycles. The van der Waals surface area contributed by atoms with Gasteiger partial charge in [-0.2, -0.15) is 0 Å². The first-order valence-electron chi connectivity index (χ1n) is 6.22. The second-order valence-electron chi connectivity index (χ2n) is 4.37. The Morgan fingerprint density at radius 2 is 2.33 bits per heavy atom. The number of carbonyl (C=O) groups excluding carboxylic acids is 1. The van der Waals surface area contributed by atoms with E-state index < -0.39 is 0 Å². The summed E-state index contributed by atoms with van der Waals surface area (Å²) in [5.41, 5.74) is 0. The lowest BCUT2D eigenvalue weighted by molar-refractivity contribution is -0.125. The molecular formula is C13H18N4O. The number of aromatic nitrogens is 2. The predicted molar refractivity (Wildman–Crippen MR) is 70.2 cm³/mol. The van der Waals surface area contributed by atoms with E-state index in [1.165, 1.54) is 0 Å². The number of carbonyl (C=O) groups is 1. The first kappa shape index (κ1) is 12.5. The molecule has 0 radical (unpaired) electrons. The number of rotatable bonds is 4. The lowest BCUT2D eigenvalue weighted by atomic mass is 9.97. The van der Waals surface area contributed by atoms with Crippen LogP contribution in [-0.4, -0.2) is 35.5 Å². The summed E-state index contributed by atoms with van der Waals surface area (Å²) in [5.74, 6) is 0.816. The summed E-state index contributed by atoms with van der Waals surface area (Å²) >= 11 is 0. The molecule has 1 aliphatic rings. The van der Waals surface area contributed by atoms with E-state index in [1.54, 1.807) is 24.5 Å². The highest BCUT2D eigenvalue weighted by Crippen LogP contribution is 2.19. The number of piperidine rings is 1. The maximum absolute atomic E-state index is 11.9. The molecule has 0 aliphatic carbocycles. The fourth-order valence-corrected chi connectivity index (χ4v) is 2.14. The SMILES string of the molecule is C=CCNC(=O)C1CCCN(c2ncccn2)C1. The summed E-state index contributed by atoms with van der Waals surface area (Å²) in [6.07, 6.45) is 7.06. The maximum Gasteiger partial charge on any atom is 0.225 e. The van der Waals surface area contributed by atoms with Crippen molar-refractivity contribution in [2.75, 3.05) is 24.5 Å². The molecule has 1 amide bonds.